The first-order valence-electron chi connectivity index (χ1n) is 16.7. The second-order valence-corrected chi connectivity index (χ2v) is 12.9. The van der Waals surface area contributed by atoms with E-state index in [9.17, 15) is 24.0 Å². The van der Waals surface area contributed by atoms with Gasteiger partial charge in [0.05, 0.1) is 0 Å². The van der Waals surface area contributed by atoms with Crippen molar-refractivity contribution in [3.8, 4) is 0 Å². The molecule has 0 bridgehead atoms. The fourth-order valence-electron chi connectivity index (χ4n) is 5.76. The lowest BCUT2D eigenvalue weighted by atomic mass is 10.0. The number of thiazole rings is 1. The van der Waals surface area contributed by atoms with Gasteiger partial charge in [-0.1, -0.05) is 108 Å². The normalized spacial score (nSPS) is 19.4. The van der Waals surface area contributed by atoms with E-state index in [2.05, 4.69) is 16.9 Å². The van der Waals surface area contributed by atoms with Crippen molar-refractivity contribution < 1.29 is 33.3 Å². The summed E-state index contributed by atoms with van der Waals surface area (Å²) in [6, 6.07) is 0. The molecule has 3 N–H and O–H groups in total. The summed E-state index contributed by atoms with van der Waals surface area (Å²) < 4.78 is 23.4. The minimum atomic E-state index is -1.33. The van der Waals surface area contributed by atoms with E-state index in [-0.39, 0.29) is 29.3 Å². The number of aromatic nitrogens is 3. The number of nitrogens with two attached hydrogens (primary N) is 1. The molecule has 13 nitrogen and oxygen atoms in total. The molecule has 3 rings (SSSR count). The Balaban J connectivity index is 1.46. The number of rotatable bonds is 21. The molecule has 46 heavy (non-hydrogen) atoms. The third-order valence-electron chi connectivity index (χ3n) is 8.03. The number of fused-ring (bicyclic) bond motifs is 1. The third-order valence-corrected chi connectivity index (χ3v) is 8.97. The van der Waals surface area contributed by atoms with Gasteiger partial charge in [0.15, 0.2) is 24.1 Å². The number of carbonyl (C=O) groups excluding carboxylic acids is 3. The van der Waals surface area contributed by atoms with E-state index in [1.165, 1.54) is 77.6 Å². The summed E-state index contributed by atoms with van der Waals surface area (Å²) in [6.45, 7) is 4.26. The second kappa shape index (κ2) is 19.4. The number of H-pyrrole nitrogens is 1. The van der Waals surface area contributed by atoms with E-state index < -0.39 is 52.9 Å². The molecule has 1 aliphatic heterocycles. The largest absolute Gasteiger partial charge is 0.463 e. The highest BCUT2D eigenvalue weighted by Gasteiger charge is 2.51. The van der Waals surface area contributed by atoms with Crippen LogP contribution in [0, 0.1) is 0 Å². The minimum Gasteiger partial charge on any atom is -0.463 e. The number of unbranched alkanes of at least 4 members (excludes halogenated alkanes) is 14. The molecule has 3 heterocycles. The summed E-state index contributed by atoms with van der Waals surface area (Å²) in [5.74, 6) is -2.08. The van der Waals surface area contributed by atoms with Crippen LogP contribution in [-0.4, -0.2) is 57.4 Å². The zero-order valence-electron chi connectivity index (χ0n) is 27.4. The van der Waals surface area contributed by atoms with Crippen molar-refractivity contribution in [2.24, 2.45) is 0 Å². The average molecular weight is 667 g/mol. The van der Waals surface area contributed by atoms with Crippen LogP contribution in [0.5, 0.6) is 0 Å². The van der Waals surface area contributed by atoms with Crippen LogP contribution in [0.15, 0.2) is 9.59 Å². The lowest BCUT2D eigenvalue weighted by molar-refractivity contribution is -0.166. The molecule has 0 unspecified atom stereocenters. The first kappa shape index (κ1) is 37.2. The van der Waals surface area contributed by atoms with Crippen LogP contribution < -0.4 is 16.2 Å². The van der Waals surface area contributed by atoms with Crippen molar-refractivity contribution in [3.63, 3.8) is 0 Å². The molecule has 1 saturated heterocycles. The number of carbonyl (C=O) groups is 3. The molecule has 2 aromatic heterocycles. The Bertz CT molecular complexity index is 1390. The molecule has 0 aromatic carbocycles. The zero-order chi connectivity index (χ0) is 33.5. The molecular weight excluding hydrogens is 616 g/mol. The summed E-state index contributed by atoms with van der Waals surface area (Å²) in [6.07, 6.45) is 13.7. The molecule has 0 aliphatic carbocycles. The van der Waals surface area contributed by atoms with Gasteiger partial charge < -0.3 is 24.7 Å². The number of hydrogen-bond donors (Lipinski definition) is 2. The number of nitrogens with one attached hydrogen (secondary N) is 1. The van der Waals surface area contributed by atoms with Gasteiger partial charge in [-0.2, -0.15) is 4.98 Å². The molecule has 0 amide bonds. The van der Waals surface area contributed by atoms with Crippen LogP contribution in [0.2, 0.25) is 0 Å². The molecule has 0 saturated carbocycles. The smallest absolute Gasteiger partial charge is 0.311 e. The standard InChI is InChI=1S/C32H50N4O9S/c1-4-5-6-7-8-9-10-11-12-13-14-15-16-17-18-19-24(39)42-20-23-25(43-21(2)37)26(44-22(3)38)30(45-23)36-28-27(46-32(36)41)29(40)35-31(33)34-28/h23,25-26,30H,4-20H2,1-3H3,(H3,33,34,35,40)/t23-,25-,26-,30-/m1/s1. The maximum absolute atomic E-state index is 13.0. The van der Waals surface area contributed by atoms with Crippen molar-refractivity contribution in [2.45, 2.75) is 148 Å². The summed E-state index contributed by atoms with van der Waals surface area (Å²) in [4.78, 5) is 67.7. The van der Waals surface area contributed by atoms with Gasteiger partial charge in [-0.15, -0.1) is 0 Å². The number of hydrogen-bond acceptors (Lipinski definition) is 12. The quantitative estimate of drug-likeness (QED) is 0.100. The lowest BCUT2D eigenvalue weighted by Gasteiger charge is -2.23. The Labute approximate surface area is 273 Å². The van der Waals surface area contributed by atoms with E-state index in [4.69, 9.17) is 24.7 Å². The fourth-order valence-corrected chi connectivity index (χ4v) is 6.60. The Kier molecular flexibility index (Phi) is 15.7. The number of anilines is 1. The van der Waals surface area contributed by atoms with E-state index in [0.717, 1.165) is 30.8 Å². The molecule has 14 heteroatoms. The van der Waals surface area contributed by atoms with Crippen LogP contribution in [0.4, 0.5) is 5.95 Å². The number of ether oxygens (including phenoxy) is 4. The summed E-state index contributed by atoms with van der Waals surface area (Å²) in [7, 11) is 0. The number of nitrogen functional groups attached to an aromatic ring is 1. The van der Waals surface area contributed by atoms with Crippen molar-refractivity contribution in [1.29, 1.82) is 0 Å². The topological polar surface area (TPSA) is 182 Å². The van der Waals surface area contributed by atoms with Crippen molar-refractivity contribution >= 4 is 45.5 Å². The highest BCUT2D eigenvalue weighted by atomic mass is 32.1. The molecule has 1 aliphatic rings. The Morgan fingerprint density at radius 3 is 1.91 bits per heavy atom. The fraction of sp³-hybridized carbons (Fsp3) is 0.750. The van der Waals surface area contributed by atoms with Gasteiger partial charge >= 0.3 is 22.8 Å². The monoisotopic (exact) mass is 666 g/mol. The molecule has 2 aromatic rings. The van der Waals surface area contributed by atoms with Gasteiger partial charge in [-0.3, -0.25) is 33.5 Å². The van der Waals surface area contributed by atoms with Gasteiger partial charge in [0.25, 0.3) is 5.56 Å². The maximum Gasteiger partial charge on any atom is 0.311 e. The molecular formula is C32H50N4O9S. The molecule has 0 radical (unpaired) electrons. The number of aromatic amines is 1. The Morgan fingerprint density at radius 1 is 0.848 bits per heavy atom. The van der Waals surface area contributed by atoms with Crippen LogP contribution in [0.3, 0.4) is 0 Å². The van der Waals surface area contributed by atoms with Gasteiger partial charge in [-0.05, 0) is 6.42 Å². The Morgan fingerprint density at radius 2 is 1.37 bits per heavy atom. The predicted octanol–water partition coefficient (Wildman–Crippen LogP) is 5.29. The summed E-state index contributed by atoms with van der Waals surface area (Å²) >= 11 is 0.612. The maximum atomic E-state index is 13.0. The van der Waals surface area contributed by atoms with Crippen LogP contribution in [0.1, 0.15) is 130 Å². The Hall–Kier alpha value is -3.26. The van der Waals surface area contributed by atoms with Crippen LogP contribution in [-0.2, 0) is 33.3 Å². The highest BCUT2D eigenvalue weighted by molar-refractivity contribution is 7.16. The van der Waals surface area contributed by atoms with Crippen molar-refractivity contribution in [3.05, 3.63) is 20.0 Å². The van der Waals surface area contributed by atoms with Gasteiger partial charge in [0, 0.05) is 20.3 Å². The zero-order valence-corrected chi connectivity index (χ0v) is 28.2. The lowest BCUT2D eigenvalue weighted by Crippen LogP contribution is -2.41. The third kappa shape index (κ3) is 11.5. The first-order valence-corrected chi connectivity index (χ1v) is 17.5. The van der Waals surface area contributed by atoms with Crippen molar-refractivity contribution in [1.82, 2.24) is 14.5 Å². The van der Waals surface area contributed by atoms with Gasteiger partial charge in [0.2, 0.25) is 5.95 Å². The average Bonchev–Trinajstić information content (AvgIpc) is 3.49. The predicted molar refractivity (Wildman–Crippen MR) is 174 cm³/mol. The second-order valence-electron chi connectivity index (χ2n) is 11.9. The van der Waals surface area contributed by atoms with Crippen LogP contribution >= 0.6 is 11.3 Å². The number of esters is 3. The summed E-state index contributed by atoms with van der Waals surface area (Å²) in [5.41, 5.74) is 5.01. The minimum absolute atomic E-state index is 0.00760. The van der Waals surface area contributed by atoms with E-state index in [0.29, 0.717) is 17.8 Å². The highest BCUT2D eigenvalue weighted by Crippen LogP contribution is 2.35. The van der Waals surface area contributed by atoms with E-state index >= 15 is 0 Å². The molecule has 4 atom stereocenters. The molecule has 258 valence electrons. The first-order chi connectivity index (χ1) is 22.1. The van der Waals surface area contributed by atoms with Gasteiger partial charge in [-0.25, -0.2) is 0 Å². The van der Waals surface area contributed by atoms with Crippen LogP contribution in [0.25, 0.3) is 10.3 Å². The van der Waals surface area contributed by atoms with Gasteiger partial charge in [0.1, 0.15) is 17.4 Å². The van der Waals surface area contributed by atoms with Crippen molar-refractivity contribution in [2.75, 3.05) is 12.3 Å². The van der Waals surface area contributed by atoms with E-state index in [1.54, 1.807) is 0 Å². The number of nitrogens with zero attached hydrogens (tertiary/aromatic N) is 2. The summed E-state index contributed by atoms with van der Waals surface area (Å²) in [5, 5.41) is 0. The SMILES string of the molecule is CCCCCCCCCCCCCCCCCC(=O)OC[C@H]1O[C@@H](n2c(=O)sc3c(=O)[nH]c(N)nc32)[C@H](OC(C)=O)[C@@H]1OC(C)=O. The molecule has 1 fully saturated rings. The molecule has 0 spiro atoms. The van der Waals surface area contributed by atoms with E-state index in [1.807, 2.05) is 0 Å².